The van der Waals surface area contributed by atoms with Crippen molar-refractivity contribution >= 4 is 44.9 Å². The topological polar surface area (TPSA) is 59.2 Å². The molecule has 2 aromatic heterocycles. The van der Waals surface area contributed by atoms with Crippen LogP contribution in [0.2, 0.25) is 0 Å². The summed E-state index contributed by atoms with van der Waals surface area (Å²) in [6.07, 6.45) is 2.04. The number of pyridine rings is 1. The molecule has 0 spiro atoms. The number of nitrogens with two attached hydrogens (primary N) is 1. The summed E-state index contributed by atoms with van der Waals surface area (Å²) in [4.78, 5) is 20.4. The number of anilines is 1. The lowest BCUT2D eigenvalue weighted by atomic mass is 10.1. The molecule has 0 radical (unpaired) electrons. The Labute approximate surface area is 133 Å². The zero-order valence-electron chi connectivity index (χ0n) is 13.1. The van der Waals surface area contributed by atoms with E-state index < -0.39 is 0 Å². The third kappa shape index (κ3) is 3.01. The standard InChI is InChI=1S/C15H21N3OS2/c1-8-6-9(2)17-14-11(8)12(16)13(21-14)15(19)18(4)10(3)7-20-5/h6,10H,7,16H2,1-5H3. The van der Waals surface area contributed by atoms with E-state index in [9.17, 15) is 4.79 Å². The van der Waals surface area contributed by atoms with Crippen LogP contribution in [0.4, 0.5) is 5.69 Å². The minimum atomic E-state index is -0.0193. The molecule has 0 saturated heterocycles. The predicted molar refractivity (Wildman–Crippen MR) is 93.4 cm³/mol. The number of rotatable bonds is 4. The molecule has 21 heavy (non-hydrogen) atoms. The molecule has 1 unspecified atom stereocenters. The first-order chi connectivity index (χ1) is 9.86. The van der Waals surface area contributed by atoms with Gasteiger partial charge in [0, 0.05) is 29.9 Å². The number of aromatic nitrogens is 1. The third-order valence-corrected chi connectivity index (χ3v) is 5.51. The first kappa shape index (κ1) is 16.1. The number of thioether (sulfide) groups is 1. The summed E-state index contributed by atoms with van der Waals surface area (Å²) < 4.78 is 0. The molecule has 1 atom stereocenters. The Bertz CT molecular complexity index is 681. The Morgan fingerprint density at radius 1 is 1.52 bits per heavy atom. The quantitative estimate of drug-likeness (QED) is 0.937. The van der Waals surface area contributed by atoms with Gasteiger partial charge in [0.15, 0.2) is 0 Å². The van der Waals surface area contributed by atoms with E-state index >= 15 is 0 Å². The second-order valence-electron chi connectivity index (χ2n) is 5.33. The Hall–Kier alpha value is -1.27. The molecule has 4 nitrogen and oxygen atoms in total. The molecule has 114 valence electrons. The van der Waals surface area contributed by atoms with Crippen LogP contribution in [0, 0.1) is 13.8 Å². The molecule has 0 fully saturated rings. The van der Waals surface area contributed by atoms with Gasteiger partial charge in [0.05, 0.1) is 5.69 Å². The first-order valence-corrected chi connectivity index (χ1v) is 9.00. The van der Waals surface area contributed by atoms with Crippen molar-refractivity contribution in [2.45, 2.75) is 26.8 Å². The van der Waals surface area contributed by atoms with Crippen LogP contribution in [0.3, 0.4) is 0 Å². The van der Waals surface area contributed by atoms with E-state index in [1.807, 2.05) is 40.1 Å². The van der Waals surface area contributed by atoms with Crippen LogP contribution in [0.5, 0.6) is 0 Å². The minimum absolute atomic E-state index is 0.0193. The lowest BCUT2D eigenvalue weighted by Crippen LogP contribution is -2.36. The second-order valence-corrected chi connectivity index (χ2v) is 7.24. The third-order valence-electron chi connectivity index (χ3n) is 3.61. The first-order valence-electron chi connectivity index (χ1n) is 6.79. The highest BCUT2D eigenvalue weighted by Crippen LogP contribution is 2.35. The molecule has 0 aliphatic carbocycles. The monoisotopic (exact) mass is 323 g/mol. The van der Waals surface area contributed by atoms with E-state index in [1.165, 1.54) is 11.3 Å². The van der Waals surface area contributed by atoms with E-state index in [0.29, 0.717) is 10.6 Å². The van der Waals surface area contributed by atoms with Crippen LogP contribution < -0.4 is 5.73 Å². The second kappa shape index (κ2) is 6.23. The Balaban J connectivity index is 2.45. The molecule has 6 heteroatoms. The molecule has 2 N–H and O–H groups in total. The molecule has 0 aliphatic rings. The molecular formula is C15H21N3OS2. The van der Waals surface area contributed by atoms with E-state index in [1.54, 1.807) is 16.7 Å². The Kier molecular flexibility index (Phi) is 4.78. The van der Waals surface area contributed by atoms with Gasteiger partial charge in [-0.3, -0.25) is 4.79 Å². The average molecular weight is 323 g/mol. The number of hydrogen-bond donors (Lipinski definition) is 1. The molecule has 0 bridgehead atoms. The SMILES string of the molecule is CSCC(C)N(C)C(=O)c1sc2nc(C)cc(C)c2c1N. The smallest absolute Gasteiger partial charge is 0.266 e. The largest absolute Gasteiger partial charge is 0.397 e. The van der Waals surface area contributed by atoms with Gasteiger partial charge < -0.3 is 10.6 Å². The number of hydrogen-bond acceptors (Lipinski definition) is 5. The van der Waals surface area contributed by atoms with Crippen LogP contribution in [0.1, 0.15) is 27.9 Å². The van der Waals surface area contributed by atoms with Crippen molar-refractivity contribution in [1.82, 2.24) is 9.88 Å². The maximum atomic E-state index is 12.7. The number of thiophene rings is 1. The van der Waals surface area contributed by atoms with Crippen molar-refractivity contribution in [3.8, 4) is 0 Å². The number of fused-ring (bicyclic) bond motifs is 1. The van der Waals surface area contributed by atoms with Gasteiger partial charge >= 0.3 is 0 Å². The van der Waals surface area contributed by atoms with Gasteiger partial charge in [0.1, 0.15) is 9.71 Å². The zero-order chi connectivity index (χ0) is 15.7. The Morgan fingerprint density at radius 3 is 2.81 bits per heavy atom. The molecule has 1 amide bonds. The van der Waals surface area contributed by atoms with Crippen molar-refractivity contribution in [3.63, 3.8) is 0 Å². The van der Waals surface area contributed by atoms with E-state index in [2.05, 4.69) is 4.98 Å². The maximum absolute atomic E-state index is 12.7. The fourth-order valence-electron chi connectivity index (χ4n) is 2.34. The lowest BCUT2D eigenvalue weighted by Gasteiger charge is -2.23. The van der Waals surface area contributed by atoms with Gasteiger partial charge in [-0.1, -0.05) is 0 Å². The van der Waals surface area contributed by atoms with Crippen molar-refractivity contribution in [2.75, 3.05) is 24.8 Å². The van der Waals surface area contributed by atoms with Crippen molar-refractivity contribution in [1.29, 1.82) is 0 Å². The summed E-state index contributed by atoms with van der Waals surface area (Å²) in [5, 5.41) is 0.917. The highest BCUT2D eigenvalue weighted by Gasteiger charge is 2.24. The van der Waals surface area contributed by atoms with Gasteiger partial charge in [-0.05, 0) is 38.7 Å². The number of nitrogens with zero attached hydrogens (tertiary/aromatic N) is 2. The summed E-state index contributed by atoms with van der Waals surface area (Å²) in [6, 6.07) is 2.17. The number of nitrogen functional groups attached to an aromatic ring is 1. The van der Waals surface area contributed by atoms with Crippen LogP contribution in [-0.2, 0) is 0 Å². The molecule has 0 aromatic carbocycles. The minimum Gasteiger partial charge on any atom is -0.397 e. The van der Waals surface area contributed by atoms with E-state index in [-0.39, 0.29) is 11.9 Å². The van der Waals surface area contributed by atoms with E-state index in [4.69, 9.17) is 5.73 Å². The number of amides is 1. The van der Waals surface area contributed by atoms with Gasteiger partial charge in [-0.15, -0.1) is 11.3 Å². The summed E-state index contributed by atoms with van der Waals surface area (Å²) in [6.45, 7) is 6.01. The van der Waals surface area contributed by atoms with E-state index in [0.717, 1.165) is 27.2 Å². The van der Waals surface area contributed by atoms with Gasteiger partial charge in [0.2, 0.25) is 0 Å². The fraction of sp³-hybridized carbons (Fsp3) is 0.467. The molecule has 0 saturated carbocycles. The highest BCUT2D eigenvalue weighted by atomic mass is 32.2. The summed E-state index contributed by atoms with van der Waals surface area (Å²) in [7, 11) is 1.83. The number of carbonyl (C=O) groups excluding carboxylic acids is 1. The highest BCUT2D eigenvalue weighted by molar-refractivity contribution is 7.98. The predicted octanol–water partition coefficient (Wildman–Crippen LogP) is 3.32. The lowest BCUT2D eigenvalue weighted by molar-refractivity contribution is 0.0763. The molecule has 2 rings (SSSR count). The normalized spacial score (nSPS) is 12.6. The average Bonchev–Trinajstić information content (AvgIpc) is 2.74. The van der Waals surface area contributed by atoms with Crippen LogP contribution in [0.25, 0.3) is 10.2 Å². The summed E-state index contributed by atoms with van der Waals surface area (Å²) in [5.74, 6) is 0.887. The summed E-state index contributed by atoms with van der Waals surface area (Å²) >= 11 is 3.12. The van der Waals surface area contributed by atoms with Crippen LogP contribution in [0.15, 0.2) is 6.07 Å². The number of carbonyl (C=O) groups is 1. The van der Waals surface area contributed by atoms with Crippen LogP contribution >= 0.6 is 23.1 Å². The number of aryl methyl sites for hydroxylation is 2. The van der Waals surface area contributed by atoms with Gasteiger partial charge in [0.25, 0.3) is 5.91 Å². The van der Waals surface area contributed by atoms with Crippen molar-refractivity contribution in [3.05, 3.63) is 22.2 Å². The molecule has 2 aromatic rings. The Morgan fingerprint density at radius 2 is 2.19 bits per heavy atom. The van der Waals surface area contributed by atoms with Crippen molar-refractivity contribution in [2.24, 2.45) is 0 Å². The van der Waals surface area contributed by atoms with Crippen LogP contribution in [-0.4, -0.2) is 40.9 Å². The molecule has 2 heterocycles. The molecular weight excluding hydrogens is 302 g/mol. The van der Waals surface area contributed by atoms with Crippen molar-refractivity contribution < 1.29 is 4.79 Å². The van der Waals surface area contributed by atoms with Gasteiger partial charge in [-0.2, -0.15) is 11.8 Å². The molecule has 0 aliphatic heterocycles. The zero-order valence-corrected chi connectivity index (χ0v) is 14.7. The maximum Gasteiger partial charge on any atom is 0.266 e. The fourth-order valence-corrected chi connectivity index (χ4v) is 4.25. The summed E-state index contributed by atoms with van der Waals surface area (Å²) in [5.41, 5.74) is 8.81. The van der Waals surface area contributed by atoms with Gasteiger partial charge in [-0.25, -0.2) is 4.98 Å².